The van der Waals surface area contributed by atoms with E-state index in [4.69, 9.17) is 14.0 Å². The Morgan fingerprint density at radius 1 is 1.29 bits per heavy atom. The van der Waals surface area contributed by atoms with E-state index in [0.29, 0.717) is 32.1 Å². The molecule has 1 aromatic rings. The van der Waals surface area contributed by atoms with Crippen LogP contribution in [0, 0.1) is 17.8 Å². The highest BCUT2D eigenvalue weighted by Crippen LogP contribution is 2.50. The highest BCUT2D eigenvalue weighted by molar-refractivity contribution is 5.78. The van der Waals surface area contributed by atoms with Crippen molar-refractivity contribution in [2.45, 2.75) is 58.0 Å². The summed E-state index contributed by atoms with van der Waals surface area (Å²) in [6, 6.07) is 0.676. The quantitative estimate of drug-likeness (QED) is 0.323. The third kappa shape index (κ3) is 6.75. The fraction of sp³-hybridized carbons (Fsp3) is 0.667. The van der Waals surface area contributed by atoms with Crippen molar-refractivity contribution in [3.63, 3.8) is 0 Å². The molecule has 2 saturated heterocycles. The minimum Gasteiger partial charge on any atom is -0.494 e. The molecule has 1 aromatic heterocycles. The van der Waals surface area contributed by atoms with Gasteiger partial charge in [-0.15, -0.1) is 0 Å². The molecule has 1 aliphatic carbocycles. The molecule has 4 rings (SSSR count). The summed E-state index contributed by atoms with van der Waals surface area (Å²) in [5.41, 5.74) is 0. The first-order valence-electron chi connectivity index (χ1n) is 13.0. The third-order valence-electron chi connectivity index (χ3n) is 7.52. The van der Waals surface area contributed by atoms with Crippen LogP contribution < -0.4 is 4.90 Å². The van der Waals surface area contributed by atoms with Gasteiger partial charge < -0.3 is 23.8 Å². The third-order valence-corrected chi connectivity index (χ3v) is 7.52. The smallest absolute Gasteiger partial charge is 0.324 e. The zero-order chi connectivity index (χ0) is 24.8. The predicted molar refractivity (Wildman–Crippen MR) is 135 cm³/mol. The molecule has 8 nitrogen and oxygen atoms in total. The molecule has 0 N–H and O–H groups in total. The molecule has 192 valence electrons. The number of aromatic nitrogens is 2. The number of hydrogen-bond acceptors (Lipinski definition) is 7. The molecule has 8 heteroatoms. The molecular weight excluding hydrogens is 444 g/mol. The van der Waals surface area contributed by atoms with E-state index in [1.54, 1.807) is 13.2 Å². The van der Waals surface area contributed by atoms with Gasteiger partial charge in [-0.05, 0) is 55.6 Å². The van der Waals surface area contributed by atoms with Gasteiger partial charge in [-0.1, -0.05) is 37.7 Å². The molecule has 0 aromatic carbocycles. The Morgan fingerprint density at radius 2 is 2.06 bits per heavy atom. The molecule has 0 spiro atoms. The van der Waals surface area contributed by atoms with E-state index >= 15 is 0 Å². The number of nitrogens with zero attached hydrogens (tertiary/aromatic N) is 4. The monoisotopic (exact) mass is 484 g/mol. The Hall–Kier alpha value is -2.61. The van der Waals surface area contributed by atoms with Crippen molar-refractivity contribution < 1.29 is 18.8 Å². The SMILES string of the molecule is C=C/C(=C\C=C\CC(=O)N1CC(OC)C1)OCC[C@@H]1C[C@@H]1C1CCN(c2nc(C(C)C)no2)CC1. The maximum atomic E-state index is 12.1. The van der Waals surface area contributed by atoms with Crippen LogP contribution in [-0.4, -0.2) is 66.9 Å². The van der Waals surface area contributed by atoms with Gasteiger partial charge in [0.15, 0.2) is 5.82 Å². The Labute approximate surface area is 209 Å². The largest absolute Gasteiger partial charge is 0.494 e. The van der Waals surface area contributed by atoms with E-state index < -0.39 is 0 Å². The molecule has 3 fully saturated rings. The minimum absolute atomic E-state index is 0.132. The molecular formula is C27H40N4O4. The number of anilines is 1. The van der Waals surface area contributed by atoms with Crippen molar-refractivity contribution >= 4 is 11.9 Å². The minimum atomic E-state index is 0.132. The van der Waals surface area contributed by atoms with Crippen molar-refractivity contribution in [3.8, 4) is 0 Å². The van der Waals surface area contributed by atoms with Gasteiger partial charge in [0.05, 0.1) is 12.7 Å². The van der Waals surface area contributed by atoms with E-state index in [2.05, 4.69) is 35.5 Å². The maximum Gasteiger partial charge on any atom is 0.324 e. The zero-order valence-electron chi connectivity index (χ0n) is 21.4. The fourth-order valence-corrected chi connectivity index (χ4v) is 5.04. The van der Waals surface area contributed by atoms with Crippen molar-refractivity contribution in [2.24, 2.45) is 17.8 Å². The lowest BCUT2D eigenvalue weighted by Gasteiger charge is -2.37. The van der Waals surface area contributed by atoms with E-state index in [0.717, 1.165) is 48.8 Å². The van der Waals surface area contributed by atoms with Gasteiger partial charge in [-0.3, -0.25) is 4.79 Å². The predicted octanol–water partition coefficient (Wildman–Crippen LogP) is 4.33. The van der Waals surface area contributed by atoms with Crippen LogP contribution in [0.2, 0.25) is 0 Å². The number of piperidine rings is 1. The second kappa shape index (κ2) is 11.9. The number of carbonyl (C=O) groups excluding carboxylic acids is 1. The average molecular weight is 485 g/mol. The second-order valence-corrected chi connectivity index (χ2v) is 10.3. The Bertz CT molecular complexity index is 910. The molecule has 1 saturated carbocycles. The zero-order valence-corrected chi connectivity index (χ0v) is 21.4. The summed E-state index contributed by atoms with van der Waals surface area (Å²) in [6.07, 6.45) is 12.7. The highest BCUT2D eigenvalue weighted by Gasteiger charge is 2.43. The number of carbonyl (C=O) groups is 1. The van der Waals surface area contributed by atoms with E-state index in [-0.39, 0.29) is 17.9 Å². The van der Waals surface area contributed by atoms with Crippen LogP contribution in [0.15, 0.2) is 41.2 Å². The summed E-state index contributed by atoms with van der Waals surface area (Å²) in [5.74, 6) is 4.31. The van der Waals surface area contributed by atoms with Crippen molar-refractivity contribution in [2.75, 3.05) is 44.8 Å². The van der Waals surface area contributed by atoms with Crippen LogP contribution >= 0.6 is 0 Å². The highest BCUT2D eigenvalue weighted by atomic mass is 16.5. The maximum absolute atomic E-state index is 12.1. The average Bonchev–Trinajstić information content (AvgIpc) is 3.42. The number of likely N-dealkylation sites (tertiary alicyclic amines) is 1. The Morgan fingerprint density at radius 3 is 2.71 bits per heavy atom. The van der Waals surface area contributed by atoms with Gasteiger partial charge in [0, 0.05) is 45.6 Å². The van der Waals surface area contributed by atoms with Crippen LogP contribution in [0.3, 0.4) is 0 Å². The number of rotatable bonds is 12. The number of ether oxygens (including phenoxy) is 2. The number of amides is 1. The molecule has 35 heavy (non-hydrogen) atoms. The summed E-state index contributed by atoms with van der Waals surface area (Å²) in [4.78, 5) is 20.7. The van der Waals surface area contributed by atoms with E-state index in [1.807, 2.05) is 23.1 Å². The van der Waals surface area contributed by atoms with Crippen LogP contribution in [0.5, 0.6) is 0 Å². The molecule has 2 aliphatic heterocycles. The molecule has 3 heterocycles. The van der Waals surface area contributed by atoms with Crippen LogP contribution in [-0.2, 0) is 14.3 Å². The summed E-state index contributed by atoms with van der Waals surface area (Å²) in [6.45, 7) is 12.1. The summed E-state index contributed by atoms with van der Waals surface area (Å²) in [7, 11) is 1.68. The van der Waals surface area contributed by atoms with Gasteiger partial charge in [-0.2, -0.15) is 4.98 Å². The van der Waals surface area contributed by atoms with Crippen molar-refractivity contribution in [1.82, 2.24) is 15.0 Å². The lowest BCUT2D eigenvalue weighted by atomic mass is 9.90. The standard InChI is InChI=1S/C27H40N4O4/c1-5-22(8-6-7-9-25(32)31-17-23(18-31)33-4)34-15-12-21-16-24(21)20-10-13-30(14-11-20)27-28-26(19(2)3)29-35-27/h5-8,19-21,23-24H,1,9-18H2,2-4H3/b7-6+,22-8+/t21-,24-/m1/s1. The topological polar surface area (TPSA) is 80.9 Å². The van der Waals surface area contributed by atoms with Gasteiger partial charge >= 0.3 is 6.01 Å². The van der Waals surface area contributed by atoms with E-state index in [9.17, 15) is 4.79 Å². The summed E-state index contributed by atoms with van der Waals surface area (Å²) >= 11 is 0. The molecule has 3 aliphatic rings. The number of methoxy groups -OCH3 is 1. The van der Waals surface area contributed by atoms with E-state index in [1.165, 1.54) is 19.3 Å². The van der Waals surface area contributed by atoms with Gasteiger partial charge in [0.1, 0.15) is 5.76 Å². The lowest BCUT2D eigenvalue weighted by Crippen LogP contribution is -2.54. The van der Waals surface area contributed by atoms with Gasteiger partial charge in [0.2, 0.25) is 5.91 Å². The normalized spacial score (nSPS) is 23.7. The first kappa shape index (κ1) is 25.5. The Balaban J connectivity index is 1.10. The van der Waals surface area contributed by atoms with Crippen molar-refractivity contribution in [3.05, 3.63) is 42.5 Å². The first-order chi connectivity index (χ1) is 17.0. The van der Waals surface area contributed by atoms with Crippen LogP contribution in [0.4, 0.5) is 6.01 Å². The van der Waals surface area contributed by atoms with Gasteiger partial charge in [0.25, 0.3) is 0 Å². The van der Waals surface area contributed by atoms with Gasteiger partial charge in [-0.25, -0.2) is 0 Å². The number of allylic oxidation sites excluding steroid dienone is 3. The fourth-order valence-electron chi connectivity index (χ4n) is 5.04. The second-order valence-electron chi connectivity index (χ2n) is 10.3. The molecule has 0 bridgehead atoms. The molecule has 0 unspecified atom stereocenters. The summed E-state index contributed by atoms with van der Waals surface area (Å²) in [5, 5.41) is 4.10. The first-order valence-corrected chi connectivity index (χ1v) is 13.0. The number of hydrogen-bond donors (Lipinski definition) is 0. The van der Waals surface area contributed by atoms with Crippen LogP contribution in [0.1, 0.15) is 57.7 Å². The lowest BCUT2D eigenvalue weighted by molar-refractivity contribution is -0.141. The molecule has 1 amide bonds. The Kier molecular flexibility index (Phi) is 8.65. The molecule has 0 radical (unpaired) electrons. The van der Waals surface area contributed by atoms with Crippen molar-refractivity contribution in [1.29, 1.82) is 0 Å². The molecule has 2 atom stereocenters. The summed E-state index contributed by atoms with van der Waals surface area (Å²) < 4.78 is 16.6. The van der Waals surface area contributed by atoms with Crippen LogP contribution in [0.25, 0.3) is 0 Å².